The fourth-order valence-corrected chi connectivity index (χ4v) is 2.43. The number of benzene rings is 1. The third-order valence-electron chi connectivity index (χ3n) is 2.34. The van der Waals surface area contributed by atoms with E-state index in [1.165, 1.54) is 18.2 Å². The molecule has 2 rings (SSSR count). The molecule has 0 atom stereocenters. The standard InChI is InChI=1S/C12H9ClFNO2S/c13-9-2-1-8(14)5-10(9)15-6-7-3-4-18-11(7)12(16)17/h1-5,15H,6H2,(H,16,17). The number of carbonyl (C=O) groups is 1. The summed E-state index contributed by atoms with van der Waals surface area (Å²) in [6.45, 7) is 0.286. The molecule has 0 saturated heterocycles. The highest BCUT2D eigenvalue weighted by molar-refractivity contribution is 7.12. The van der Waals surface area contributed by atoms with Gasteiger partial charge in [-0.05, 0) is 35.2 Å². The van der Waals surface area contributed by atoms with Crippen molar-refractivity contribution in [1.29, 1.82) is 0 Å². The monoisotopic (exact) mass is 285 g/mol. The molecule has 0 amide bonds. The van der Waals surface area contributed by atoms with E-state index in [-0.39, 0.29) is 11.4 Å². The van der Waals surface area contributed by atoms with Crippen molar-refractivity contribution in [3.05, 3.63) is 50.9 Å². The van der Waals surface area contributed by atoms with Crippen molar-refractivity contribution in [2.75, 3.05) is 5.32 Å². The Bertz CT molecular complexity index is 585. The topological polar surface area (TPSA) is 49.3 Å². The van der Waals surface area contributed by atoms with E-state index in [9.17, 15) is 9.18 Å². The highest BCUT2D eigenvalue weighted by Gasteiger charge is 2.11. The summed E-state index contributed by atoms with van der Waals surface area (Å²) in [6.07, 6.45) is 0. The number of rotatable bonds is 4. The van der Waals surface area contributed by atoms with Crippen LogP contribution in [0.5, 0.6) is 0 Å². The van der Waals surface area contributed by atoms with Crippen molar-refractivity contribution in [3.63, 3.8) is 0 Å². The Morgan fingerprint density at radius 3 is 2.94 bits per heavy atom. The summed E-state index contributed by atoms with van der Waals surface area (Å²) in [4.78, 5) is 11.2. The van der Waals surface area contributed by atoms with Gasteiger partial charge in [0.25, 0.3) is 0 Å². The molecule has 2 aromatic rings. The predicted octanol–water partition coefficient (Wildman–Crippen LogP) is 3.85. The molecule has 6 heteroatoms. The van der Waals surface area contributed by atoms with E-state index in [1.54, 1.807) is 11.4 Å². The normalized spacial score (nSPS) is 10.3. The summed E-state index contributed by atoms with van der Waals surface area (Å²) in [5.74, 6) is -1.36. The first kappa shape index (κ1) is 12.9. The van der Waals surface area contributed by atoms with Gasteiger partial charge >= 0.3 is 5.97 Å². The lowest BCUT2D eigenvalue weighted by Crippen LogP contribution is -2.04. The van der Waals surface area contributed by atoms with Crippen LogP contribution in [-0.2, 0) is 6.54 Å². The number of hydrogen-bond donors (Lipinski definition) is 2. The van der Waals surface area contributed by atoms with E-state index in [0.29, 0.717) is 16.3 Å². The zero-order valence-corrected chi connectivity index (χ0v) is 10.7. The lowest BCUT2D eigenvalue weighted by atomic mass is 10.2. The van der Waals surface area contributed by atoms with E-state index in [2.05, 4.69) is 5.32 Å². The third-order valence-corrected chi connectivity index (χ3v) is 3.61. The van der Waals surface area contributed by atoms with E-state index in [4.69, 9.17) is 16.7 Å². The molecule has 0 aliphatic carbocycles. The van der Waals surface area contributed by atoms with Crippen LogP contribution in [-0.4, -0.2) is 11.1 Å². The second-order valence-electron chi connectivity index (χ2n) is 3.56. The van der Waals surface area contributed by atoms with Crippen LogP contribution in [0.3, 0.4) is 0 Å². The third kappa shape index (κ3) is 2.80. The number of carboxylic acid groups (broad SMARTS) is 1. The molecule has 1 aromatic heterocycles. The van der Waals surface area contributed by atoms with Gasteiger partial charge in [-0.2, -0.15) is 0 Å². The molecule has 0 aliphatic rings. The van der Waals surface area contributed by atoms with Gasteiger partial charge in [-0.15, -0.1) is 11.3 Å². The first-order valence-electron chi connectivity index (χ1n) is 5.06. The highest BCUT2D eigenvalue weighted by atomic mass is 35.5. The second-order valence-corrected chi connectivity index (χ2v) is 4.88. The van der Waals surface area contributed by atoms with Crippen LogP contribution in [0.25, 0.3) is 0 Å². The van der Waals surface area contributed by atoms with Crippen LogP contribution < -0.4 is 5.32 Å². The molecule has 0 aliphatic heterocycles. The van der Waals surface area contributed by atoms with Crippen LogP contribution in [0.1, 0.15) is 15.2 Å². The Labute approximate surface area is 112 Å². The van der Waals surface area contributed by atoms with Crippen LogP contribution in [0.2, 0.25) is 5.02 Å². The molecule has 0 spiro atoms. The number of nitrogens with one attached hydrogen (secondary N) is 1. The lowest BCUT2D eigenvalue weighted by molar-refractivity contribution is 0.0701. The Hall–Kier alpha value is -1.59. The minimum atomic E-state index is -0.966. The second kappa shape index (κ2) is 5.37. The minimum absolute atomic E-state index is 0.273. The van der Waals surface area contributed by atoms with E-state index < -0.39 is 11.8 Å². The molecule has 18 heavy (non-hydrogen) atoms. The summed E-state index contributed by atoms with van der Waals surface area (Å²) in [6, 6.07) is 5.70. The van der Waals surface area contributed by atoms with E-state index >= 15 is 0 Å². The molecule has 0 radical (unpaired) electrons. The van der Waals surface area contributed by atoms with Crippen molar-refractivity contribution in [2.24, 2.45) is 0 Å². The Morgan fingerprint density at radius 2 is 2.22 bits per heavy atom. The Balaban J connectivity index is 2.14. The summed E-state index contributed by atoms with van der Waals surface area (Å²) in [7, 11) is 0. The molecule has 0 saturated carbocycles. The van der Waals surface area contributed by atoms with Gasteiger partial charge in [-0.1, -0.05) is 11.6 Å². The summed E-state index contributed by atoms with van der Waals surface area (Å²) in [5, 5.41) is 14.0. The molecule has 2 N–H and O–H groups in total. The maximum Gasteiger partial charge on any atom is 0.346 e. The van der Waals surface area contributed by atoms with Crippen molar-refractivity contribution in [3.8, 4) is 0 Å². The molecular weight excluding hydrogens is 277 g/mol. The van der Waals surface area contributed by atoms with Crippen LogP contribution in [0.4, 0.5) is 10.1 Å². The van der Waals surface area contributed by atoms with Gasteiger partial charge in [-0.25, -0.2) is 9.18 Å². The quantitative estimate of drug-likeness (QED) is 0.897. The number of carboxylic acids is 1. The summed E-state index contributed by atoms with van der Waals surface area (Å²) >= 11 is 7.05. The SMILES string of the molecule is O=C(O)c1sccc1CNc1cc(F)ccc1Cl. The number of halogens is 2. The molecule has 0 bridgehead atoms. The van der Waals surface area contributed by atoms with E-state index in [1.807, 2.05) is 0 Å². The van der Waals surface area contributed by atoms with Crippen molar-refractivity contribution >= 4 is 34.6 Å². The van der Waals surface area contributed by atoms with Crippen LogP contribution >= 0.6 is 22.9 Å². The first-order valence-corrected chi connectivity index (χ1v) is 6.32. The number of hydrogen-bond acceptors (Lipinski definition) is 3. The van der Waals surface area contributed by atoms with Gasteiger partial charge in [-0.3, -0.25) is 0 Å². The smallest absolute Gasteiger partial charge is 0.346 e. The molecule has 94 valence electrons. The fraction of sp³-hybridized carbons (Fsp3) is 0.0833. The highest BCUT2D eigenvalue weighted by Crippen LogP contribution is 2.24. The average Bonchev–Trinajstić information content (AvgIpc) is 2.79. The number of anilines is 1. The summed E-state index contributed by atoms with van der Waals surface area (Å²) in [5.41, 5.74) is 1.09. The van der Waals surface area contributed by atoms with Gasteiger partial charge in [0.1, 0.15) is 10.7 Å². The molecule has 0 unspecified atom stereocenters. The maximum atomic E-state index is 13.0. The lowest BCUT2D eigenvalue weighted by Gasteiger charge is -2.08. The molecule has 1 heterocycles. The van der Waals surface area contributed by atoms with Gasteiger partial charge in [0.15, 0.2) is 0 Å². The number of thiophene rings is 1. The molecule has 3 nitrogen and oxygen atoms in total. The van der Waals surface area contributed by atoms with Crippen molar-refractivity contribution in [1.82, 2.24) is 0 Å². The van der Waals surface area contributed by atoms with Gasteiger partial charge in [0.2, 0.25) is 0 Å². The van der Waals surface area contributed by atoms with Crippen LogP contribution in [0.15, 0.2) is 29.6 Å². The summed E-state index contributed by atoms with van der Waals surface area (Å²) < 4.78 is 13.0. The largest absolute Gasteiger partial charge is 0.477 e. The molecular formula is C12H9ClFNO2S. The Kier molecular flexibility index (Phi) is 3.84. The van der Waals surface area contributed by atoms with Crippen molar-refractivity contribution < 1.29 is 14.3 Å². The van der Waals surface area contributed by atoms with Gasteiger partial charge in [0, 0.05) is 6.54 Å². The average molecular weight is 286 g/mol. The Morgan fingerprint density at radius 1 is 1.44 bits per heavy atom. The van der Waals surface area contributed by atoms with Crippen molar-refractivity contribution in [2.45, 2.75) is 6.54 Å². The predicted molar refractivity (Wildman–Crippen MR) is 70.0 cm³/mol. The fourth-order valence-electron chi connectivity index (χ4n) is 1.49. The maximum absolute atomic E-state index is 13.0. The molecule has 0 fully saturated rings. The molecule has 1 aromatic carbocycles. The minimum Gasteiger partial charge on any atom is -0.477 e. The van der Waals surface area contributed by atoms with Gasteiger partial charge in [0.05, 0.1) is 10.7 Å². The van der Waals surface area contributed by atoms with Gasteiger partial charge < -0.3 is 10.4 Å². The zero-order valence-electron chi connectivity index (χ0n) is 9.11. The first-order chi connectivity index (χ1) is 8.58. The number of aromatic carboxylic acids is 1. The zero-order chi connectivity index (χ0) is 13.1. The van der Waals surface area contributed by atoms with E-state index in [0.717, 1.165) is 11.3 Å². The van der Waals surface area contributed by atoms with Crippen LogP contribution in [0, 0.1) is 5.82 Å².